The summed E-state index contributed by atoms with van der Waals surface area (Å²) in [4.78, 5) is 26.1. The van der Waals surface area contributed by atoms with Gasteiger partial charge in [-0.15, -0.1) is 0 Å². The van der Waals surface area contributed by atoms with Crippen LogP contribution < -0.4 is 5.32 Å². The largest absolute Gasteiger partial charge is 0.445 e. The number of carbonyl (C=O) groups is 2. The first-order chi connectivity index (χ1) is 12.2. The topological polar surface area (TPSA) is 77.1 Å². The molecule has 1 aliphatic heterocycles. The van der Waals surface area contributed by atoms with Gasteiger partial charge in [0.2, 0.25) is 0 Å². The van der Waals surface area contributed by atoms with E-state index in [0.29, 0.717) is 19.8 Å². The third kappa shape index (κ3) is 6.55. The van der Waals surface area contributed by atoms with E-state index in [-0.39, 0.29) is 18.7 Å². The number of benzene rings is 1. The third-order valence-electron chi connectivity index (χ3n) is 3.79. The number of hydrogen-bond acceptors (Lipinski definition) is 5. The molecule has 1 heterocycles. The van der Waals surface area contributed by atoms with Gasteiger partial charge in [-0.05, 0) is 33.3 Å². The second kappa shape index (κ2) is 8.89. The normalized spacial score (nSPS) is 20.8. The molecule has 144 valence electrons. The van der Waals surface area contributed by atoms with Gasteiger partial charge in [-0.1, -0.05) is 30.3 Å². The highest BCUT2D eigenvalue weighted by Crippen LogP contribution is 2.12. The molecule has 0 aromatic heterocycles. The number of amides is 2. The van der Waals surface area contributed by atoms with Gasteiger partial charge in [-0.2, -0.15) is 0 Å². The van der Waals surface area contributed by atoms with Gasteiger partial charge in [0, 0.05) is 6.54 Å². The molecule has 7 nitrogen and oxygen atoms in total. The van der Waals surface area contributed by atoms with E-state index in [2.05, 4.69) is 5.32 Å². The van der Waals surface area contributed by atoms with Gasteiger partial charge >= 0.3 is 12.2 Å². The van der Waals surface area contributed by atoms with Gasteiger partial charge in [-0.25, -0.2) is 9.59 Å². The summed E-state index contributed by atoms with van der Waals surface area (Å²) in [5, 5.41) is 2.76. The van der Waals surface area contributed by atoms with Crippen LogP contribution in [-0.4, -0.2) is 54.5 Å². The smallest absolute Gasteiger partial charge is 0.410 e. The van der Waals surface area contributed by atoms with E-state index in [0.717, 1.165) is 5.56 Å². The summed E-state index contributed by atoms with van der Waals surface area (Å²) in [6.45, 7) is 8.48. The molecule has 0 aliphatic carbocycles. The average molecular weight is 364 g/mol. The molecule has 1 aromatic rings. The number of nitrogens with zero attached hydrogens (tertiary/aromatic N) is 1. The third-order valence-corrected chi connectivity index (χ3v) is 3.79. The highest BCUT2D eigenvalue weighted by Gasteiger charge is 2.30. The summed E-state index contributed by atoms with van der Waals surface area (Å²) in [6.07, 6.45) is -0.957. The molecule has 0 saturated carbocycles. The lowest BCUT2D eigenvalue weighted by Crippen LogP contribution is -2.49. The van der Waals surface area contributed by atoms with E-state index in [1.807, 2.05) is 37.3 Å². The molecular weight excluding hydrogens is 336 g/mol. The van der Waals surface area contributed by atoms with E-state index in [4.69, 9.17) is 14.2 Å². The van der Waals surface area contributed by atoms with Crippen LogP contribution in [0.4, 0.5) is 9.59 Å². The minimum absolute atomic E-state index is 0.149. The Kier molecular flexibility index (Phi) is 6.85. The van der Waals surface area contributed by atoms with Crippen LogP contribution in [0.2, 0.25) is 0 Å². The first-order valence-electron chi connectivity index (χ1n) is 8.79. The van der Waals surface area contributed by atoms with Crippen LogP contribution in [0.25, 0.3) is 0 Å². The zero-order chi connectivity index (χ0) is 19.2. The van der Waals surface area contributed by atoms with E-state index >= 15 is 0 Å². The van der Waals surface area contributed by atoms with Gasteiger partial charge in [0.1, 0.15) is 12.2 Å². The summed E-state index contributed by atoms with van der Waals surface area (Å²) < 4.78 is 16.3. The van der Waals surface area contributed by atoms with E-state index in [1.165, 1.54) is 0 Å². The molecule has 26 heavy (non-hydrogen) atoms. The minimum atomic E-state index is -0.586. The molecule has 2 atom stereocenters. The molecule has 1 fully saturated rings. The molecule has 2 rings (SSSR count). The van der Waals surface area contributed by atoms with Crippen LogP contribution in [0.5, 0.6) is 0 Å². The van der Waals surface area contributed by atoms with Crippen molar-refractivity contribution in [3.63, 3.8) is 0 Å². The molecule has 1 saturated heterocycles. The zero-order valence-electron chi connectivity index (χ0n) is 15.9. The van der Waals surface area contributed by atoms with E-state index < -0.39 is 17.8 Å². The Morgan fingerprint density at radius 1 is 1.23 bits per heavy atom. The molecule has 1 aliphatic rings. The average Bonchev–Trinajstić information content (AvgIpc) is 2.73. The maximum Gasteiger partial charge on any atom is 0.410 e. The van der Waals surface area contributed by atoms with Gasteiger partial charge in [0.05, 0.1) is 25.3 Å². The monoisotopic (exact) mass is 364 g/mol. The Morgan fingerprint density at radius 2 is 1.92 bits per heavy atom. The fourth-order valence-corrected chi connectivity index (χ4v) is 2.56. The fourth-order valence-electron chi connectivity index (χ4n) is 2.56. The fraction of sp³-hybridized carbons (Fsp3) is 0.579. The van der Waals surface area contributed by atoms with Crippen molar-refractivity contribution in [3.8, 4) is 0 Å². The lowest BCUT2D eigenvalue weighted by Gasteiger charge is -2.28. The van der Waals surface area contributed by atoms with Crippen LogP contribution in [-0.2, 0) is 20.8 Å². The van der Waals surface area contributed by atoms with Crippen molar-refractivity contribution in [2.24, 2.45) is 0 Å². The number of hydrogen-bond donors (Lipinski definition) is 1. The van der Waals surface area contributed by atoms with Crippen LogP contribution in [0.1, 0.15) is 33.3 Å². The summed E-state index contributed by atoms with van der Waals surface area (Å²) in [5.41, 5.74) is 0.333. The van der Waals surface area contributed by atoms with Crippen molar-refractivity contribution in [2.45, 2.75) is 52.0 Å². The number of nitrogens with one attached hydrogen (secondary N) is 1. The summed E-state index contributed by atoms with van der Waals surface area (Å²) >= 11 is 0. The van der Waals surface area contributed by atoms with Gasteiger partial charge in [0.25, 0.3) is 0 Å². The molecule has 0 spiro atoms. The Labute approximate surface area is 154 Å². The van der Waals surface area contributed by atoms with Crippen LogP contribution in [0.15, 0.2) is 30.3 Å². The molecule has 7 heteroatoms. The molecule has 2 amide bonds. The Hall–Kier alpha value is -2.28. The quantitative estimate of drug-likeness (QED) is 0.892. The lowest BCUT2D eigenvalue weighted by molar-refractivity contribution is 0.0459. The minimum Gasteiger partial charge on any atom is -0.445 e. The second-order valence-corrected chi connectivity index (χ2v) is 7.42. The summed E-state index contributed by atoms with van der Waals surface area (Å²) in [5.74, 6) is 0. The van der Waals surface area contributed by atoms with Crippen molar-refractivity contribution in [1.29, 1.82) is 0 Å². The molecule has 0 unspecified atom stereocenters. The summed E-state index contributed by atoms with van der Waals surface area (Å²) in [6, 6.07) is 8.98. The Bertz CT molecular complexity index is 600. The molecule has 0 radical (unpaired) electrons. The van der Waals surface area contributed by atoms with E-state index in [1.54, 1.807) is 25.7 Å². The Balaban J connectivity index is 1.92. The highest BCUT2D eigenvalue weighted by atomic mass is 16.6. The molecule has 0 bridgehead atoms. The first kappa shape index (κ1) is 20.0. The summed E-state index contributed by atoms with van der Waals surface area (Å²) in [7, 11) is 0. The van der Waals surface area contributed by atoms with Crippen LogP contribution in [0, 0.1) is 0 Å². The standard InChI is InChI=1S/C19H28N2O5/c1-14-11-24-13-16(20-17(22)26-19(2,3)4)10-21(14)18(23)25-12-15-8-6-5-7-9-15/h5-9,14,16H,10-13H2,1-4H3,(H,20,22)/t14-,16-/m0/s1. The molecular formula is C19H28N2O5. The van der Waals surface area contributed by atoms with Gasteiger partial charge in [0.15, 0.2) is 0 Å². The number of carbonyl (C=O) groups excluding carboxylic acids is 2. The SMILES string of the molecule is C[C@H]1COC[C@@H](NC(=O)OC(C)(C)C)CN1C(=O)OCc1ccccc1. The van der Waals surface area contributed by atoms with Crippen molar-refractivity contribution in [2.75, 3.05) is 19.8 Å². The number of rotatable bonds is 3. The Morgan fingerprint density at radius 3 is 2.58 bits per heavy atom. The van der Waals surface area contributed by atoms with E-state index in [9.17, 15) is 9.59 Å². The lowest BCUT2D eigenvalue weighted by atomic mass is 10.2. The first-order valence-corrected chi connectivity index (χ1v) is 8.79. The number of ether oxygens (including phenoxy) is 3. The van der Waals surface area contributed by atoms with Crippen molar-refractivity contribution in [3.05, 3.63) is 35.9 Å². The predicted octanol–water partition coefficient (Wildman–Crippen LogP) is 2.94. The maximum absolute atomic E-state index is 12.5. The van der Waals surface area contributed by atoms with Crippen molar-refractivity contribution in [1.82, 2.24) is 10.2 Å². The predicted molar refractivity (Wildman–Crippen MR) is 96.8 cm³/mol. The van der Waals surface area contributed by atoms with Gasteiger partial charge < -0.3 is 24.4 Å². The van der Waals surface area contributed by atoms with Crippen molar-refractivity contribution < 1.29 is 23.8 Å². The second-order valence-electron chi connectivity index (χ2n) is 7.42. The molecule has 1 aromatic carbocycles. The van der Waals surface area contributed by atoms with Crippen LogP contribution >= 0.6 is 0 Å². The van der Waals surface area contributed by atoms with Crippen LogP contribution in [0.3, 0.4) is 0 Å². The zero-order valence-corrected chi connectivity index (χ0v) is 15.9. The maximum atomic E-state index is 12.5. The number of alkyl carbamates (subject to hydrolysis) is 1. The van der Waals surface area contributed by atoms with Gasteiger partial charge in [-0.3, -0.25) is 0 Å². The molecule has 1 N–H and O–H groups in total. The highest BCUT2D eigenvalue weighted by molar-refractivity contribution is 5.70. The van der Waals surface area contributed by atoms with Crippen molar-refractivity contribution >= 4 is 12.2 Å².